The number of hydrogen-bond acceptors (Lipinski definition) is 5. The smallest absolute Gasteiger partial charge is 0.223 e. The molecule has 0 bridgehead atoms. The number of hydrogen-bond donors (Lipinski definition) is 3. The lowest BCUT2D eigenvalue weighted by molar-refractivity contribution is 0.441. The zero-order valence-electron chi connectivity index (χ0n) is 14.5. The summed E-state index contributed by atoms with van der Waals surface area (Å²) in [6.45, 7) is 3.49. The van der Waals surface area contributed by atoms with E-state index >= 15 is 0 Å². The van der Waals surface area contributed by atoms with Crippen LogP contribution < -0.4 is 10.7 Å². The van der Waals surface area contributed by atoms with Gasteiger partial charge in [-0.2, -0.15) is 5.26 Å². The molecular weight excluding hydrogens is 350 g/mol. The van der Waals surface area contributed by atoms with Gasteiger partial charge in [-0.25, -0.2) is 4.98 Å². The van der Waals surface area contributed by atoms with Crippen LogP contribution >= 0.6 is 12.2 Å². The number of aromatic hydroxyl groups is 1. The molecule has 1 aromatic carbocycles. The summed E-state index contributed by atoms with van der Waals surface area (Å²) >= 11 is 5.18. The van der Waals surface area contributed by atoms with E-state index in [9.17, 15) is 9.90 Å². The molecule has 1 unspecified atom stereocenters. The van der Waals surface area contributed by atoms with Crippen molar-refractivity contribution >= 4 is 28.2 Å². The molecule has 3 rings (SSSR count). The van der Waals surface area contributed by atoms with Crippen molar-refractivity contribution in [2.45, 2.75) is 19.9 Å². The van der Waals surface area contributed by atoms with E-state index < -0.39 is 11.5 Å². The van der Waals surface area contributed by atoms with Gasteiger partial charge in [0.25, 0.3) is 0 Å². The van der Waals surface area contributed by atoms with Crippen molar-refractivity contribution in [3.05, 3.63) is 57.3 Å². The van der Waals surface area contributed by atoms with Crippen molar-refractivity contribution < 1.29 is 5.11 Å². The van der Waals surface area contributed by atoms with Gasteiger partial charge >= 0.3 is 0 Å². The van der Waals surface area contributed by atoms with E-state index in [2.05, 4.69) is 21.4 Å². The number of H-pyrrole nitrogens is 1. The fourth-order valence-corrected chi connectivity index (χ4v) is 2.98. The number of nitrogens with zero attached hydrogens (tertiary/aromatic N) is 3. The number of thiocarbonyl (C=S) groups is 1. The van der Waals surface area contributed by atoms with E-state index in [0.29, 0.717) is 33.3 Å². The van der Waals surface area contributed by atoms with E-state index in [1.807, 2.05) is 0 Å². The average Bonchev–Trinajstić information content (AvgIpc) is 3.01. The summed E-state index contributed by atoms with van der Waals surface area (Å²) in [4.78, 5) is 20.3. The van der Waals surface area contributed by atoms with Crippen LogP contribution in [0.25, 0.3) is 11.0 Å². The molecule has 0 aliphatic carbocycles. The second-order valence-corrected chi connectivity index (χ2v) is 6.65. The summed E-state index contributed by atoms with van der Waals surface area (Å²) < 4.78 is 1.72. The molecule has 3 N–H and O–H groups in total. The van der Waals surface area contributed by atoms with Gasteiger partial charge in [-0.1, -0.05) is 12.2 Å². The Labute approximate surface area is 154 Å². The Bertz CT molecular complexity index is 1120. The maximum atomic E-state index is 12.1. The average molecular weight is 367 g/mol. The van der Waals surface area contributed by atoms with Crippen molar-refractivity contribution in [3.63, 3.8) is 0 Å². The standard InChI is InChI=1S/C18H17N5O2S/c1-9-6-14(24)17(25)16(23(9)3)15(20-10(2)26)18-21-12-5-4-11(8-19)7-13(12)22-18/h4-7,15,25H,1-3H3,(H,20,26)(H,21,22). The third-order valence-corrected chi connectivity index (χ3v) is 4.35. The third-order valence-electron chi connectivity index (χ3n) is 4.23. The zero-order valence-corrected chi connectivity index (χ0v) is 15.3. The SMILES string of the molecule is CC(=S)NC(c1nc2cc(C#N)ccc2[nH]1)c1c(O)c(=O)cc(C)n1C. The highest BCUT2D eigenvalue weighted by molar-refractivity contribution is 7.80. The summed E-state index contributed by atoms with van der Waals surface area (Å²) in [7, 11) is 1.76. The van der Waals surface area contributed by atoms with Crippen LogP contribution in [0.1, 0.15) is 35.7 Å². The molecule has 0 saturated heterocycles. The molecule has 0 fully saturated rings. The van der Waals surface area contributed by atoms with Gasteiger partial charge in [0.1, 0.15) is 11.9 Å². The van der Waals surface area contributed by atoms with Crippen molar-refractivity contribution in [1.82, 2.24) is 19.9 Å². The van der Waals surface area contributed by atoms with Crippen LogP contribution in [-0.4, -0.2) is 24.6 Å². The first-order chi connectivity index (χ1) is 12.3. The molecular formula is C18H17N5O2S. The summed E-state index contributed by atoms with van der Waals surface area (Å²) in [5, 5.41) is 22.5. The van der Waals surface area contributed by atoms with Crippen molar-refractivity contribution in [3.8, 4) is 11.8 Å². The van der Waals surface area contributed by atoms with Gasteiger partial charge < -0.3 is 20.0 Å². The fourth-order valence-electron chi connectivity index (χ4n) is 2.86. The minimum absolute atomic E-state index is 0.356. The highest BCUT2D eigenvalue weighted by Crippen LogP contribution is 2.28. The van der Waals surface area contributed by atoms with Crippen molar-refractivity contribution in [1.29, 1.82) is 5.26 Å². The first kappa shape index (κ1) is 17.6. The maximum Gasteiger partial charge on any atom is 0.223 e. The van der Waals surface area contributed by atoms with Gasteiger partial charge in [0.15, 0.2) is 5.75 Å². The van der Waals surface area contributed by atoms with Gasteiger partial charge in [0, 0.05) is 18.8 Å². The van der Waals surface area contributed by atoms with Gasteiger partial charge in [-0.15, -0.1) is 0 Å². The van der Waals surface area contributed by atoms with Crippen LogP contribution in [0.2, 0.25) is 0 Å². The number of nitrogens with one attached hydrogen (secondary N) is 2. The molecule has 0 aliphatic heterocycles. The number of nitriles is 1. The summed E-state index contributed by atoms with van der Waals surface area (Å²) in [6.07, 6.45) is 0. The number of aromatic nitrogens is 3. The molecule has 0 spiro atoms. The van der Waals surface area contributed by atoms with Gasteiger partial charge in [0.05, 0.1) is 33.3 Å². The Kier molecular flexibility index (Phi) is 4.49. The molecule has 1 atom stereocenters. The second kappa shape index (κ2) is 6.61. The number of benzene rings is 1. The molecule has 0 radical (unpaired) electrons. The first-order valence-corrected chi connectivity index (χ1v) is 8.29. The monoisotopic (exact) mass is 367 g/mol. The summed E-state index contributed by atoms with van der Waals surface area (Å²) in [5.74, 6) is 0.125. The van der Waals surface area contributed by atoms with Crippen molar-refractivity contribution in [2.75, 3.05) is 0 Å². The van der Waals surface area contributed by atoms with Crippen LogP contribution in [0.4, 0.5) is 0 Å². The molecule has 7 nitrogen and oxygen atoms in total. The topological polar surface area (TPSA) is 107 Å². The number of imidazole rings is 1. The lowest BCUT2D eigenvalue weighted by atomic mass is 10.1. The maximum absolute atomic E-state index is 12.1. The third kappa shape index (κ3) is 3.05. The highest BCUT2D eigenvalue weighted by atomic mass is 32.1. The van der Waals surface area contributed by atoms with Gasteiger partial charge in [-0.05, 0) is 32.0 Å². The van der Waals surface area contributed by atoms with Crippen LogP contribution in [0.3, 0.4) is 0 Å². The van der Waals surface area contributed by atoms with Crippen LogP contribution in [0.5, 0.6) is 5.75 Å². The van der Waals surface area contributed by atoms with E-state index in [1.165, 1.54) is 6.07 Å². The molecule has 0 saturated carbocycles. The Balaban J connectivity index is 2.24. The highest BCUT2D eigenvalue weighted by Gasteiger charge is 2.26. The Morgan fingerprint density at radius 2 is 2.19 bits per heavy atom. The lowest BCUT2D eigenvalue weighted by Gasteiger charge is -2.22. The number of aromatic amines is 1. The fraction of sp³-hybridized carbons (Fsp3) is 0.222. The molecule has 26 heavy (non-hydrogen) atoms. The number of pyridine rings is 1. The van der Waals surface area contributed by atoms with E-state index in [4.69, 9.17) is 17.5 Å². The lowest BCUT2D eigenvalue weighted by Crippen LogP contribution is -2.30. The van der Waals surface area contributed by atoms with Crippen LogP contribution in [-0.2, 0) is 7.05 Å². The predicted octanol–water partition coefficient (Wildman–Crippen LogP) is 2.17. The van der Waals surface area contributed by atoms with E-state index in [0.717, 1.165) is 5.52 Å². The molecule has 0 amide bonds. The first-order valence-electron chi connectivity index (χ1n) is 7.88. The molecule has 8 heteroatoms. The summed E-state index contributed by atoms with van der Waals surface area (Å²) in [6, 6.07) is 7.93. The van der Waals surface area contributed by atoms with Crippen molar-refractivity contribution in [2.24, 2.45) is 7.05 Å². The quantitative estimate of drug-likeness (QED) is 0.613. The molecule has 132 valence electrons. The largest absolute Gasteiger partial charge is 0.503 e. The minimum Gasteiger partial charge on any atom is -0.503 e. The predicted molar refractivity (Wildman–Crippen MR) is 102 cm³/mol. The summed E-state index contributed by atoms with van der Waals surface area (Å²) in [5.41, 5.74) is 2.44. The Morgan fingerprint density at radius 3 is 2.85 bits per heavy atom. The van der Waals surface area contributed by atoms with Gasteiger partial charge in [-0.3, -0.25) is 4.79 Å². The molecule has 3 aromatic rings. The molecule has 2 aromatic heterocycles. The minimum atomic E-state index is -0.650. The molecule has 2 heterocycles. The normalized spacial score (nSPS) is 11.9. The molecule has 0 aliphatic rings. The van der Waals surface area contributed by atoms with Crippen LogP contribution in [0.15, 0.2) is 29.1 Å². The number of fused-ring (bicyclic) bond motifs is 1. The number of aryl methyl sites for hydroxylation is 1. The van der Waals surface area contributed by atoms with Crippen LogP contribution in [0, 0.1) is 18.3 Å². The van der Waals surface area contributed by atoms with Gasteiger partial charge in [0.2, 0.25) is 5.43 Å². The van der Waals surface area contributed by atoms with E-state index in [1.54, 1.807) is 43.7 Å². The Morgan fingerprint density at radius 1 is 1.46 bits per heavy atom. The Hall–Kier alpha value is -3.18. The van der Waals surface area contributed by atoms with E-state index in [-0.39, 0.29) is 5.75 Å². The number of rotatable bonds is 3. The zero-order chi connectivity index (χ0) is 19.0. The second-order valence-electron chi connectivity index (χ2n) is 6.04.